The molecule has 1 heterocycles. The smallest absolute Gasteiger partial charge is 0.308 e. The largest absolute Gasteiger partial charge is 0.481 e. The van der Waals surface area contributed by atoms with Crippen molar-refractivity contribution < 1.29 is 23.1 Å². The molecular weight excluding hydrogens is 306 g/mol. The number of benzene rings is 1. The van der Waals surface area contributed by atoms with Crippen LogP contribution >= 0.6 is 0 Å². The highest BCUT2D eigenvalue weighted by atomic mass is 32.2. The molecule has 0 spiro atoms. The predicted octanol–water partition coefficient (Wildman–Crippen LogP) is 1.09. The van der Waals surface area contributed by atoms with Gasteiger partial charge in [0.15, 0.2) is 9.84 Å². The Kier molecular flexibility index (Phi) is 4.85. The Hall–Kier alpha value is -1.89. The Morgan fingerprint density at radius 3 is 2.45 bits per heavy atom. The molecule has 0 aliphatic carbocycles. The van der Waals surface area contributed by atoms with Crippen molar-refractivity contribution in [2.75, 3.05) is 18.8 Å². The molecule has 1 aromatic rings. The van der Waals surface area contributed by atoms with Crippen molar-refractivity contribution in [1.82, 2.24) is 4.90 Å². The minimum atomic E-state index is -3.50. The Balaban J connectivity index is 1.93. The van der Waals surface area contributed by atoms with Gasteiger partial charge in [-0.15, -0.1) is 0 Å². The van der Waals surface area contributed by atoms with Gasteiger partial charge < -0.3 is 10.0 Å². The van der Waals surface area contributed by atoms with Crippen LogP contribution in [0.3, 0.4) is 0 Å². The first-order valence-electron chi connectivity index (χ1n) is 7.09. The van der Waals surface area contributed by atoms with Crippen molar-refractivity contribution >= 4 is 21.7 Å². The number of hydrogen-bond acceptors (Lipinski definition) is 4. The van der Waals surface area contributed by atoms with Gasteiger partial charge >= 0.3 is 5.97 Å². The number of rotatable bonds is 5. The van der Waals surface area contributed by atoms with Gasteiger partial charge in [0.2, 0.25) is 5.91 Å². The first kappa shape index (κ1) is 16.5. The van der Waals surface area contributed by atoms with Crippen LogP contribution in [0.15, 0.2) is 29.2 Å². The number of likely N-dealkylation sites (tertiary alicyclic amines) is 1. The Morgan fingerprint density at radius 2 is 1.91 bits per heavy atom. The molecule has 0 saturated carbocycles. The van der Waals surface area contributed by atoms with E-state index in [0.717, 1.165) is 5.56 Å². The number of hydrogen-bond donors (Lipinski definition) is 1. The lowest BCUT2D eigenvalue weighted by atomic mass is 10.1. The SMILES string of the molecule is Cc1ccc(S(=O)(=O)CCC(=O)N2CCC(C(=O)O)C2)cc1. The highest BCUT2D eigenvalue weighted by Crippen LogP contribution is 2.18. The van der Waals surface area contributed by atoms with E-state index in [2.05, 4.69) is 0 Å². The molecule has 6 nitrogen and oxygen atoms in total. The van der Waals surface area contributed by atoms with E-state index in [1.165, 1.54) is 17.0 Å². The second-order valence-corrected chi connectivity index (χ2v) is 7.65. The van der Waals surface area contributed by atoms with Crippen molar-refractivity contribution in [2.24, 2.45) is 5.92 Å². The van der Waals surface area contributed by atoms with Crippen LogP contribution in [0.2, 0.25) is 0 Å². The highest BCUT2D eigenvalue weighted by Gasteiger charge is 2.31. The lowest BCUT2D eigenvalue weighted by Crippen LogP contribution is -2.31. The summed E-state index contributed by atoms with van der Waals surface area (Å²) < 4.78 is 24.3. The van der Waals surface area contributed by atoms with Gasteiger partial charge in [0, 0.05) is 19.5 Å². The fourth-order valence-corrected chi connectivity index (χ4v) is 3.66. The second kappa shape index (κ2) is 6.48. The molecule has 1 aliphatic heterocycles. The van der Waals surface area contributed by atoms with Gasteiger partial charge in [-0.2, -0.15) is 0 Å². The summed E-state index contributed by atoms with van der Waals surface area (Å²) in [5.41, 5.74) is 0.965. The summed E-state index contributed by atoms with van der Waals surface area (Å²) in [6.07, 6.45) is 0.300. The third-order valence-electron chi connectivity index (χ3n) is 3.85. The molecule has 0 bridgehead atoms. The summed E-state index contributed by atoms with van der Waals surface area (Å²) >= 11 is 0. The van der Waals surface area contributed by atoms with Crippen LogP contribution < -0.4 is 0 Å². The van der Waals surface area contributed by atoms with Crippen LogP contribution in [0.1, 0.15) is 18.4 Å². The van der Waals surface area contributed by atoms with E-state index < -0.39 is 21.7 Å². The summed E-state index contributed by atoms with van der Waals surface area (Å²) in [6.45, 7) is 2.41. The number of carboxylic acids is 1. The predicted molar refractivity (Wildman–Crippen MR) is 80.2 cm³/mol. The molecule has 0 radical (unpaired) electrons. The van der Waals surface area contributed by atoms with Crippen molar-refractivity contribution in [3.63, 3.8) is 0 Å². The first-order chi connectivity index (χ1) is 10.3. The van der Waals surface area contributed by atoms with E-state index in [9.17, 15) is 18.0 Å². The quantitative estimate of drug-likeness (QED) is 0.875. The second-order valence-electron chi connectivity index (χ2n) is 5.55. The molecule has 1 amide bonds. The molecule has 1 aliphatic rings. The van der Waals surface area contributed by atoms with E-state index >= 15 is 0 Å². The number of carbonyl (C=O) groups excluding carboxylic acids is 1. The van der Waals surface area contributed by atoms with E-state index in [4.69, 9.17) is 5.11 Å². The minimum Gasteiger partial charge on any atom is -0.481 e. The van der Waals surface area contributed by atoms with Crippen LogP contribution in [0.5, 0.6) is 0 Å². The molecule has 1 aromatic carbocycles. The standard InChI is InChI=1S/C15H19NO5S/c1-11-2-4-13(5-3-11)22(20,21)9-7-14(17)16-8-6-12(10-16)15(18)19/h2-5,12H,6-10H2,1H3,(H,18,19). The fourth-order valence-electron chi connectivity index (χ4n) is 2.43. The van der Waals surface area contributed by atoms with E-state index in [-0.39, 0.29) is 29.5 Å². The fraction of sp³-hybridized carbons (Fsp3) is 0.467. The number of sulfone groups is 1. The van der Waals surface area contributed by atoms with Gasteiger partial charge in [-0.05, 0) is 25.5 Å². The van der Waals surface area contributed by atoms with Gasteiger partial charge in [0.25, 0.3) is 0 Å². The monoisotopic (exact) mass is 325 g/mol. The number of aliphatic carboxylic acids is 1. The zero-order valence-corrected chi connectivity index (χ0v) is 13.2. The normalized spacial score (nSPS) is 18.4. The number of carbonyl (C=O) groups is 2. The molecule has 7 heteroatoms. The molecule has 0 aromatic heterocycles. The minimum absolute atomic E-state index is 0.122. The van der Waals surface area contributed by atoms with Crippen LogP contribution in [0.4, 0.5) is 0 Å². The summed E-state index contributed by atoms with van der Waals surface area (Å²) in [6, 6.07) is 6.50. The highest BCUT2D eigenvalue weighted by molar-refractivity contribution is 7.91. The van der Waals surface area contributed by atoms with Crippen LogP contribution in [0, 0.1) is 12.8 Å². The number of nitrogens with zero attached hydrogens (tertiary/aromatic N) is 1. The van der Waals surface area contributed by atoms with Gasteiger partial charge in [-0.25, -0.2) is 8.42 Å². The maximum Gasteiger partial charge on any atom is 0.308 e. The van der Waals surface area contributed by atoms with Gasteiger partial charge in [0.1, 0.15) is 0 Å². The number of carboxylic acid groups (broad SMARTS) is 1. The maximum atomic E-state index is 12.2. The molecule has 1 unspecified atom stereocenters. The molecular formula is C15H19NO5S. The molecule has 120 valence electrons. The lowest BCUT2D eigenvalue weighted by molar-refractivity contribution is -0.141. The van der Waals surface area contributed by atoms with Crippen LogP contribution in [-0.2, 0) is 19.4 Å². The zero-order chi connectivity index (χ0) is 16.3. The van der Waals surface area contributed by atoms with Crippen LogP contribution in [0.25, 0.3) is 0 Å². The van der Waals surface area contributed by atoms with Gasteiger partial charge in [0.05, 0.1) is 16.6 Å². The number of amides is 1. The Labute approximate surface area is 129 Å². The molecule has 22 heavy (non-hydrogen) atoms. The summed E-state index contributed by atoms with van der Waals surface area (Å²) in [7, 11) is -3.50. The topological polar surface area (TPSA) is 91.8 Å². The van der Waals surface area contributed by atoms with E-state index in [1.807, 2.05) is 6.92 Å². The lowest BCUT2D eigenvalue weighted by Gasteiger charge is -2.15. The summed E-state index contributed by atoms with van der Waals surface area (Å²) in [5.74, 6) is -2.02. The van der Waals surface area contributed by atoms with Crippen molar-refractivity contribution in [3.8, 4) is 0 Å². The Morgan fingerprint density at radius 1 is 1.27 bits per heavy atom. The number of aryl methyl sites for hydroxylation is 1. The Bertz CT molecular complexity index is 666. The molecule has 1 N–H and O–H groups in total. The van der Waals surface area contributed by atoms with Gasteiger partial charge in [-0.1, -0.05) is 17.7 Å². The average Bonchev–Trinajstić information content (AvgIpc) is 2.95. The van der Waals surface area contributed by atoms with Crippen molar-refractivity contribution in [1.29, 1.82) is 0 Å². The third kappa shape index (κ3) is 3.85. The average molecular weight is 325 g/mol. The molecule has 1 atom stereocenters. The summed E-state index contributed by atoms with van der Waals surface area (Å²) in [5, 5.41) is 8.91. The van der Waals surface area contributed by atoms with Crippen molar-refractivity contribution in [3.05, 3.63) is 29.8 Å². The molecule has 1 saturated heterocycles. The van der Waals surface area contributed by atoms with Crippen LogP contribution in [-0.4, -0.2) is 49.1 Å². The van der Waals surface area contributed by atoms with E-state index in [1.54, 1.807) is 12.1 Å². The van der Waals surface area contributed by atoms with Gasteiger partial charge in [-0.3, -0.25) is 9.59 Å². The van der Waals surface area contributed by atoms with E-state index in [0.29, 0.717) is 13.0 Å². The summed E-state index contributed by atoms with van der Waals surface area (Å²) in [4.78, 5) is 24.5. The maximum absolute atomic E-state index is 12.2. The first-order valence-corrected chi connectivity index (χ1v) is 8.75. The van der Waals surface area contributed by atoms with Crippen molar-refractivity contribution in [2.45, 2.75) is 24.7 Å². The third-order valence-corrected chi connectivity index (χ3v) is 5.59. The molecule has 2 rings (SSSR count). The zero-order valence-electron chi connectivity index (χ0n) is 12.4. The molecule has 1 fully saturated rings.